The van der Waals surface area contributed by atoms with Crippen LogP contribution in [0.25, 0.3) is 10.9 Å². The number of nitrogens with zero attached hydrogens (tertiary/aromatic N) is 3. The standard InChI is InChI=1S/C9H7N3O3/c1-12-3-6(9(14)15)7-5(8(12)13)2-10-4-11-7/h2-4H,1H3,(H,14,15). The fraction of sp³-hybridized carbons (Fsp3) is 0.111. The van der Waals surface area contributed by atoms with Crippen molar-refractivity contribution in [3.05, 3.63) is 34.6 Å². The van der Waals surface area contributed by atoms with Gasteiger partial charge in [-0.05, 0) is 0 Å². The van der Waals surface area contributed by atoms with E-state index in [1.807, 2.05) is 0 Å². The number of rotatable bonds is 1. The largest absolute Gasteiger partial charge is 0.478 e. The summed E-state index contributed by atoms with van der Waals surface area (Å²) in [5, 5.41) is 9.13. The topological polar surface area (TPSA) is 85.1 Å². The van der Waals surface area contributed by atoms with Crippen molar-refractivity contribution >= 4 is 16.9 Å². The summed E-state index contributed by atoms with van der Waals surface area (Å²) in [6, 6.07) is 0. The Morgan fingerprint density at radius 2 is 2.27 bits per heavy atom. The Kier molecular flexibility index (Phi) is 1.96. The van der Waals surface area contributed by atoms with Crippen molar-refractivity contribution in [2.75, 3.05) is 0 Å². The third-order valence-corrected chi connectivity index (χ3v) is 2.07. The van der Waals surface area contributed by atoms with Crippen LogP contribution in [0.2, 0.25) is 0 Å². The molecule has 0 saturated heterocycles. The van der Waals surface area contributed by atoms with Gasteiger partial charge in [0.05, 0.1) is 10.9 Å². The fourth-order valence-electron chi connectivity index (χ4n) is 1.36. The molecule has 0 aliphatic carbocycles. The Morgan fingerprint density at radius 3 is 2.93 bits per heavy atom. The lowest BCUT2D eigenvalue weighted by Gasteiger charge is -2.03. The van der Waals surface area contributed by atoms with Gasteiger partial charge >= 0.3 is 5.97 Å². The summed E-state index contributed by atoms with van der Waals surface area (Å²) >= 11 is 0. The summed E-state index contributed by atoms with van der Waals surface area (Å²) in [7, 11) is 1.49. The van der Waals surface area contributed by atoms with Gasteiger partial charge in [-0.25, -0.2) is 14.8 Å². The van der Waals surface area contributed by atoms with Gasteiger partial charge in [-0.1, -0.05) is 0 Å². The summed E-state index contributed by atoms with van der Waals surface area (Å²) < 4.78 is 1.20. The first-order valence-corrected chi connectivity index (χ1v) is 4.14. The highest BCUT2D eigenvalue weighted by Gasteiger charge is 2.13. The highest BCUT2D eigenvalue weighted by Crippen LogP contribution is 2.10. The van der Waals surface area contributed by atoms with E-state index in [1.165, 1.54) is 30.3 Å². The molecule has 0 amide bonds. The average molecular weight is 205 g/mol. The van der Waals surface area contributed by atoms with Crippen LogP contribution < -0.4 is 5.56 Å². The summed E-state index contributed by atoms with van der Waals surface area (Å²) in [5.41, 5.74) is -0.147. The molecule has 76 valence electrons. The van der Waals surface area contributed by atoms with Crippen molar-refractivity contribution in [1.82, 2.24) is 14.5 Å². The smallest absolute Gasteiger partial charge is 0.339 e. The summed E-state index contributed by atoms with van der Waals surface area (Å²) in [5.74, 6) is -1.12. The first-order chi connectivity index (χ1) is 7.11. The van der Waals surface area contributed by atoms with Crippen LogP contribution in [-0.2, 0) is 7.05 Å². The second kappa shape index (κ2) is 3.16. The molecule has 6 heteroatoms. The Balaban J connectivity index is 3.01. The second-order valence-electron chi connectivity index (χ2n) is 3.05. The third kappa shape index (κ3) is 1.35. The SMILES string of the molecule is Cn1cc(C(=O)O)c2ncncc2c1=O. The minimum Gasteiger partial charge on any atom is -0.478 e. The number of hydrogen-bond acceptors (Lipinski definition) is 4. The number of pyridine rings is 1. The molecule has 0 atom stereocenters. The van der Waals surface area contributed by atoms with Crippen LogP contribution in [0, 0.1) is 0 Å². The highest BCUT2D eigenvalue weighted by molar-refractivity contribution is 6.00. The zero-order chi connectivity index (χ0) is 11.0. The lowest BCUT2D eigenvalue weighted by atomic mass is 10.2. The molecule has 6 nitrogen and oxygen atoms in total. The summed E-state index contributed by atoms with van der Waals surface area (Å²) in [6.07, 6.45) is 3.78. The number of aromatic carboxylic acids is 1. The van der Waals surface area contributed by atoms with Gasteiger partial charge in [0, 0.05) is 19.4 Å². The summed E-state index contributed by atoms with van der Waals surface area (Å²) in [4.78, 5) is 30.0. The maximum atomic E-state index is 11.6. The van der Waals surface area contributed by atoms with E-state index in [0.29, 0.717) is 0 Å². The minimum atomic E-state index is -1.12. The number of carboxylic acids is 1. The van der Waals surface area contributed by atoms with Crippen LogP contribution in [0.4, 0.5) is 0 Å². The van der Waals surface area contributed by atoms with Gasteiger partial charge in [-0.3, -0.25) is 4.79 Å². The molecule has 0 saturated carbocycles. The van der Waals surface area contributed by atoms with Crippen molar-refractivity contribution in [2.45, 2.75) is 0 Å². The van der Waals surface area contributed by atoms with Crippen LogP contribution in [-0.4, -0.2) is 25.6 Å². The van der Waals surface area contributed by atoms with E-state index in [4.69, 9.17) is 5.11 Å². The van der Waals surface area contributed by atoms with Crippen molar-refractivity contribution in [3.63, 3.8) is 0 Å². The molecule has 2 aromatic rings. The van der Waals surface area contributed by atoms with E-state index in [9.17, 15) is 9.59 Å². The van der Waals surface area contributed by atoms with Crippen molar-refractivity contribution in [3.8, 4) is 0 Å². The van der Waals surface area contributed by atoms with Gasteiger partial charge < -0.3 is 9.67 Å². The van der Waals surface area contributed by atoms with Gasteiger partial charge in [0.1, 0.15) is 11.9 Å². The van der Waals surface area contributed by atoms with Crippen LogP contribution in [0.15, 0.2) is 23.5 Å². The normalized spacial score (nSPS) is 10.5. The minimum absolute atomic E-state index is 0.00509. The average Bonchev–Trinajstić information content (AvgIpc) is 2.23. The molecule has 1 N–H and O–H groups in total. The fourth-order valence-corrected chi connectivity index (χ4v) is 1.36. The Bertz CT molecular complexity index is 603. The van der Waals surface area contributed by atoms with E-state index in [-0.39, 0.29) is 22.0 Å². The zero-order valence-electron chi connectivity index (χ0n) is 7.84. The number of aromatic nitrogens is 3. The second-order valence-corrected chi connectivity index (χ2v) is 3.05. The van der Waals surface area contributed by atoms with Crippen LogP contribution in [0.3, 0.4) is 0 Å². The number of fused-ring (bicyclic) bond motifs is 1. The van der Waals surface area contributed by atoms with Gasteiger partial charge in [-0.2, -0.15) is 0 Å². The number of aryl methyl sites for hydroxylation is 1. The molecule has 2 rings (SSSR count). The van der Waals surface area contributed by atoms with Gasteiger partial charge in [0.15, 0.2) is 0 Å². The van der Waals surface area contributed by atoms with E-state index in [0.717, 1.165) is 0 Å². The molecular formula is C9H7N3O3. The maximum absolute atomic E-state index is 11.6. The molecule has 0 aliphatic rings. The van der Waals surface area contributed by atoms with E-state index in [2.05, 4.69) is 9.97 Å². The van der Waals surface area contributed by atoms with Gasteiger partial charge in [-0.15, -0.1) is 0 Å². The lowest BCUT2D eigenvalue weighted by Crippen LogP contribution is -2.19. The summed E-state index contributed by atoms with van der Waals surface area (Å²) in [6.45, 7) is 0. The van der Waals surface area contributed by atoms with Crippen LogP contribution in [0.1, 0.15) is 10.4 Å². The Hall–Kier alpha value is -2.24. The molecule has 0 radical (unpaired) electrons. The molecule has 0 aliphatic heterocycles. The zero-order valence-corrected chi connectivity index (χ0v) is 7.84. The van der Waals surface area contributed by atoms with Gasteiger partial charge in [0.25, 0.3) is 5.56 Å². The molecule has 0 unspecified atom stereocenters. The molecule has 0 spiro atoms. The monoisotopic (exact) mass is 205 g/mol. The molecule has 2 heterocycles. The Morgan fingerprint density at radius 1 is 1.53 bits per heavy atom. The van der Waals surface area contributed by atoms with Crippen molar-refractivity contribution < 1.29 is 9.90 Å². The lowest BCUT2D eigenvalue weighted by molar-refractivity contribution is 0.0698. The van der Waals surface area contributed by atoms with E-state index in [1.54, 1.807) is 0 Å². The Labute approximate surface area is 83.8 Å². The number of carbonyl (C=O) groups is 1. The predicted octanol–water partition coefficient (Wildman–Crippen LogP) is 0.0267. The quantitative estimate of drug-likeness (QED) is 0.709. The third-order valence-electron chi connectivity index (χ3n) is 2.07. The number of hydrogen-bond donors (Lipinski definition) is 1. The first kappa shape index (κ1) is 9.32. The van der Waals surface area contributed by atoms with Crippen LogP contribution in [0.5, 0.6) is 0 Å². The molecule has 0 aromatic carbocycles. The molecular weight excluding hydrogens is 198 g/mol. The molecule has 15 heavy (non-hydrogen) atoms. The van der Waals surface area contributed by atoms with Crippen molar-refractivity contribution in [1.29, 1.82) is 0 Å². The first-order valence-electron chi connectivity index (χ1n) is 4.14. The van der Waals surface area contributed by atoms with Crippen LogP contribution >= 0.6 is 0 Å². The highest BCUT2D eigenvalue weighted by atomic mass is 16.4. The molecule has 2 aromatic heterocycles. The van der Waals surface area contributed by atoms with E-state index < -0.39 is 5.97 Å². The van der Waals surface area contributed by atoms with Crippen molar-refractivity contribution in [2.24, 2.45) is 7.05 Å². The number of carboxylic acid groups (broad SMARTS) is 1. The maximum Gasteiger partial charge on any atom is 0.339 e. The molecule has 0 fully saturated rings. The molecule has 0 bridgehead atoms. The van der Waals surface area contributed by atoms with E-state index >= 15 is 0 Å². The van der Waals surface area contributed by atoms with Gasteiger partial charge in [0.2, 0.25) is 0 Å². The predicted molar refractivity (Wildman–Crippen MR) is 51.7 cm³/mol.